The molecule has 0 aromatic carbocycles. The van der Waals surface area contributed by atoms with Crippen molar-refractivity contribution >= 4 is 26.7 Å². The van der Waals surface area contributed by atoms with Crippen LogP contribution >= 0.6 is 11.8 Å². The molecule has 1 unspecified atom stereocenters. The minimum atomic E-state index is -3.02. The molecule has 0 rings (SSSR count). The standard InChI is InChI=1S/C11H22O3S2/c1-4-6-8-16(13,14)9-7-11(12)15-10(3)5-2/h10H,4-9H2,1-3H3. The van der Waals surface area contributed by atoms with Gasteiger partial charge in [-0.25, -0.2) is 8.42 Å². The van der Waals surface area contributed by atoms with E-state index in [1.807, 2.05) is 20.8 Å². The first kappa shape index (κ1) is 16.0. The van der Waals surface area contributed by atoms with Crippen molar-refractivity contribution < 1.29 is 13.2 Å². The van der Waals surface area contributed by atoms with E-state index in [2.05, 4.69) is 0 Å². The molecule has 0 aliphatic rings. The topological polar surface area (TPSA) is 51.2 Å². The van der Waals surface area contributed by atoms with E-state index in [0.29, 0.717) is 6.42 Å². The molecule has 1 atom stereocenters. The number of carbonyl (C=O) groups excluding carboxylic acids is 1. The van der Waals surface area contributed by atoms with Crippen LogP contribution < -0.4 is 0 Å². The fourth-order valence-corrected chi connectivity index (χ4v) is 3.47. The van der Waals surface area contributed by atoms with Gasteiger partial charge in [0, 0.05) is 11.7 Å². The predicted molar refractivity (Wildman–Crippen MR) is 70.5 cm³/mol. The maximum absolute atomic E-state index is 11.5. The highest BCUT2D eigenvalue weighted by Crippen LogP contribution is 2.16. The van der Waals surface area contributed by atoms with Crippen LogP contribution in [0.15, 0.2) is 0 Å². The summed E-state index contributed by atoms with van der Waals surface area (Å²) in [7, 11) is -3.02. The highest BCUT2D eigenvalue weighted by atomic mass is 32.2. The smallest absolute Gasteiger partial charge is 0.190 e. The number of carbonyl (C=O) groups is 1. The second kappa shape index (κ2) is 8.12. The Balaban J connectivity index is 3.91. The van der Waals surface area contributed by atoms with Gasteiger partial charge in [-0.3, -0.25) is 4.79 Å². The van der Waals surface area contributed by atoms with Gasteiger partial charge in [0.15, 0.2) is 15.0 Å². The van der Waals surface area contributed by atoms with Gasteiger partial charge in [0.2, 0.25) is 0 Å². The lowest BCUT2D eigenvalue weighted by Crippen LogP contribution is -2.14. The average molecular weight is 266 g/mol. The number of rotatable bonds is 8. The maximum atomic E-state index is 11.5. The van der Waals surface area contributed by atoms with E-state index in [9.17, 15) is 13.2 Å². The molecule has 16 heavy (non-hydrogen) atoms. The van der Waals surface area contributed by atoms with Crippen molar-refractivity contribution in [3.05, 3.63) is 0 Å². The molecule has 0 N–H and O–H groups in total. The number of unbranched alkanes of at least 4 members (excludes halogenated alkanes) is 1. The zero-order valence-corrected chi connectivity index (χ0v) is 12.0. The van der Waals surface area contributed by atoms with Gasteiger partial charge in [0.05, 0.1) is 11.5 Å². The summed E-state index contributed by atoms with van der Waals surface area (Å²) < 4.78 is 23.0. The summed E-state index contributed by atoms with van der Waals surface area (Å²) >= 11 is 1.26. The molecular formula is C11H22O3S2. The number of sulfone groups is 1. The van der Waals surface area contributed by atoms with Crippen LogP contribution in [0.3, 0.4) is 0 Å². The van der Waals surface area contributed by atoms with Crippen LogP contribution in [0.2, 0.25) is 0 Å². The third kappa shape index (κ3) is 8.16. The molecule has 5 heteroatoms. The highest BCUT2D eigenvalue weighted by molar-refractivity contribution is 8.14. The Bertz CT molecular complexity index is 296. The Labute approximate surface area is 103 Å². The molecule has 0 saturated carbocycles. The molecule has 0 aliphatic carbocycles. The predicted octanol–water partition coefficient (Wildman–Crippen LogP) is 2.65. The molecule has 0 aromatic heterocycles. The number of thioether (sulfide) groups is 1. The Morgan fingerprint density at radius 1 is 1.25 bits per heavy atom. The minimum absolute atomic E-state index is 0.00516. The van der Waals surface area contributed by atoms with Gasteiger partial charge in [-0.15, -0.1) is 0 Å². The maximum Gasteiger partial charge on any atom is 0.190 e. The molecule has 0 aromatic rings. The van der Waals surface area contributed by atoms with Gasteiger partial charge in [0.1, 0.15) is 0 Å². The van der Waals surface area contributed by atoms with Crippen molar-refractivity contribution in [2.75, 3.05) is 11.5 Å². The van der Waals surface area contributed by atoms with Gasteiger partial charge in [-0.2, -0.15) is 0 Å². The molecule has 0 saturated heterocycles. The van der Waals surface area contributed by atoms with Crippen LogP contribution in [-0.2, 0) is 14.6 Å². The molecule has 96 valence electrons. The number of hydrogen-bond donors (Lipinski definition) is 0. The lowest BCUT2D eigenvalue weighted by Gasteiger charge is -2.07. The fourth-order valence-electron chi connectivity index (χ4n) is 1.07. The highest BCUT2D eigenvalue weighted by Gasteiger charge is 2.14. The first-order chi connectivity index (χ1) is 7.41. The summed E-state index contributed by atoms with van der Waals surface area (Å²) in [6.07, 6.45) is 2.64. The van der Waals surface area contributed by atoms with Crippen LogP contribution in [0.1, 0.15) is 46.5 Å². The quantitative estimate of drug-likeness (QED) is 0.677. The largest absolute Gasteiger partial charge is 0.287 e. The molecule has 3 nitrogen and oxygen atoms in total. The molecular weight excluding hydrogens is 244 g/mol. The van der Waals surface area contributed by atoms with E-state index >= 15 is 0 Å². The van der Waals surface area contributed by atoms with Crippen molar-refractivity contribution in [1.29, 1.82) is 0 Å². The van der Waals surface area contributed by atoms with Crippen molar-refractivity contribution in [2.24, 2.45) is 0 Å². The first-order valence-electron chi connectivity index (χ1n) is 5.81. The lowest BCUT2D eigenvalue weighted by molar-refractivity contribution is -0.110. The Kier molecular flexibility index (Phi) is 8.10. The Morgan fingerprint density at radius 3 is 2.38 bits per heavy atom. The Morgan fingerprint density at radius 2 is 1.88 bits per heavy atom. The van der Waals surface area contributed by atoms with E-state index in [-0.39, 0.29) is 28.3 Å². The molecule has 0 heterocycles. The van der Waals surface area contributed by atoms with Gasteiger partial charge in [-0.05, 0) is 12.8 Å². The second-order valence-corrected chi connectivity index (χ2v) is 7.76. The zero-order valence-electron chi connectivity index (χ0n) is 10.4. The summed E-state index contributed by atoms with van der Waals surface area (Å²) in [5.74, 6) is 0.222. The van der Waals surface area contributed by atoms with Crippen LogP contribution in [0, 0.1) is 0 Å². The van der Waals surface area contributed by atoms with Gasteiger partial charge >= 0.3 is 0 Å². The molecule has 0 amide bonds. The zero-order chi connectivity index (χ0) is 12.6. The van der Waals surface area contributed by atoms with Gasteiger partial charge < -0.3 is 0 Å². The third-order valence-electron chi connectivity index (χ3n) is 2.33. The third-order valence-corrected chi connectivity index (χ3v) is 5.27. The van der Waals surface area contributed by atoms with E-state index in [0.717, 1.165) is 12.8 Å². The van der Waals surface area contributed by atoms with E-state index in [1.165, 1.54) is 11.8 Å². The van der Waals surface area contributed by atoms with Crippen LogP contribution in [-0.4, -0.2) is 30.3 Å². The molecule has 0 aliphatic heterocycles. The van der Waals surface area contributed by atoms with Crippen LogP contribution in [0.5, 0.6) is 0 Å². The SMILES string of the molecule is CCCCS(=O)(=O)CCC(=O)SC(C)CC. The van der Waals surface area contributed by atoms with E-state index in [4.69, 9.17) is 0 Å². The van der Waals surface area contributed by atoms with Crippen molar-refractivity contribution in [3.63, 3.8) is 0 Å². The summed E-state index contributed by atoms with van der Waals surface area (Å²) in [6.45, 7) is 5.95. The van der Waals surface area contributed by atoms with Crippen molar-refractivity contribution in [2.45, 2.75) is 51.7 Å². The second-order valence-electron chi connectivity index (χ2n) is 3.96. The summed E-state index contributed by atoms with van der Waals surface area (Å²) in [5, 5.41) is 0.278. The fraction of sp³-hybridized carbons (Fsp3) is 0.909. The molecule has 0 spiro atoms. The molecule has 0 bridgehead atoms. The summed E-state index contributed by atoms with van der Waals surface area (Å²) in [6, 6.07) is 0. The molecule has 0 radical (unpaired) electrons. The van der Waals surface area contributed by atoms with Crippen molar-refractivity contribution in [3.8, 4) is 0 Å². The minimum Gasteiger partial charge on any atom is -0.287 e. The van der Waals surface area contributed by atoms with Gasteiger partial charge in [-0.1, -0.05) is 39.0 Å². The van der Waals surface area contributed by atoms with Crippen LogP contribution in [0.25, 0.3) is 0 Å². The normalized spacial score (nSPS) is 13.7. The monoisotopic (exact) mass is 266 g/mol. The Hall–Kier alpha value is -0.0300. The summed E-state index contributed by atoms with van der Waals surface area (Å²) in [4.78, 5) is 11.4. The van der Waals surface area contributed by atoms with E-state index in [1.54, 1.807) is 0 Å². The lowest BCUT2D eigenvalue weighted by atomic mass is 10.4. The van der Waals surface area contributed by atoms with Crippen molar-refractivity contribution in [1.82, 2.24) is 0 Å². The average Bonchev–Trinajstić information content (AvgIpc) is 2.24. The van der Waals surface area contributed by atoms with Crippen LogP contribution in [0.4, 0.5) is 0 Å². The number of hydrogen-bond acceptors (Lipinski definition) is 4. The van der Waals surface area contributed by atoms with Gasteiger partial charge in [0.25, 0.3) is 0 Å². The molecule has 0 fully saturated rings. The summed E-state index contributed by atoms with van der Waals surface area (Å²) in [5.41, 5.74) is 0. The van der Waals surface area contributed by atoms with E-state index < -0.39 is 9.84 Å². The first-order valence-corrected chi connectivity index (χ1v) is 8.51.